The predicted octanol–water partition coefficient (Wildman–Crippen LogP) is 5.82. The number of benzene rings is 2. The van der Waals surface area contributed by atoms with E-state index in [-0.39, 0.29) is 6.47 Å². The Morgan fingerprint density at radius 2 is 1.58 bits per heavy atom. The molecule has 0 atom stereocenters. The summed E-state index contributed by atoms with van der Waals surface area (Å²) < 4.78 is 0. The number of pyridine rings is 1. The number of likely N-dealkylation sites (tertiary alicyclic amines) is 1. The molecular weight excluding hydrogens is 628 g/mol. The molecule has 1 aromatic heterocycles. The van der Waals surface area contributed by atoms with Crippen LogP contribution in [0.25, 0.3) is 0 Å². The van der Waals surface area contributed by atoms with Crippen molar-refractivity contribution in [2.75, 3.05) is 58.2 Å². The summed E-state index contributed by atoms with van der Waals surface area (Å²) in [6, 6.07) is 21.0. The highest BCUT2D eigenvalue weighted by Gasteiger charge is 2.35. The summed E-state index contributed by atoms with van der Waals surface area (Å²) in [7, 11) is 2.18. The maximum atomic E-state index is 11.6. The Hall–Kier alpha value is -4.12. The Kier molecular flexibility index (Phi) is 21.0. The Morgan fingerprint density at radius 3 is 2.14 bits per heavy atom. The van der Waals surface area contributed by atoms with Crippen molar-refractivity contribution in [1.29, 1.82) is 0 Å². The summed E-state index contributed by atoms with van der Waals surface area (Å²) >= 11 is 0. The van der Waals surface area contributed by atoms with Gasteiger partial charge in [-0.3, -0.25) is 14.5 Å². The number of carbonyl (C=O) groups is 3. The van der Waals surface area contributed by atoms with Crippen molar-refractivity contribution in [3.8, 4) is 0 Å². The van der Waals surface area contributed by atoms with E-state index in [4.69, 9.17) is 9.90 Å². The number of carbonyl (C=O) groups excluding carboxylic acids is 2. The number of hydrogen-bond acceptors (Lipinski definition) is 8. The Balaban J connectivity index is 0.000000257. The monoisotopic (exact) mass is 688 g/mol. The van der Waals surface area contributed by atoms with Gasteiger partial charge >= 0.3 is 0 Å². The number of nitrogens with zero attached hydrogens (tertiary/aromatic N) is 4. The molecule has 2 saturated heterocycles. The molecule has 1 amide bonds. The maximum Gasteiger partial charge on any atom is 0.290 e. The molecule has 0 aliphatic carbocycles. The van der Waals surface area contributed by atoms with Crippen molar-refractivity contribution in [1.82, 2.24) is 25.0 Å². The molecule has 2 aromatic carbocycles. The van der Waals surface area contributed by atoms with Crippen LogP contribution in [0.15, 0.2) is 66.9 Å². The van der Waals surface area contributed by atoms with Crippen LogP contribution < -0.4 is 10.6 Å². The molecule has 6 rings (SSSR count). The first-order valence-corrected chi connectivity index (χ1v) is 18.1. The Labute approximate surface area is 300 Å². The highest BCUT2D eigenvalue weighted by molar-refractivity contribution is 5.77. The molecule has 0 saturated carbocycles. The van der Waals surface area contributed by atoms with Crippen LogP contribution in [0, 0.1) is 0 Å². The number of nitrogens with one attached hydrogen (secondary N) is 2. The van der Waals surface area contributed by atoms with Gasteiger partial charge in [-0.15, -0.1) is 0 Å². The van der Waals surface area contributed by atoms with E-state index in [0.717, 1.165) is 88.3 Å². The highest BCUT2D eigenvalue weighted by Crippen LogP contribution is 2.21. The van der Waals surface area contributed by atoms with Gasteiger partial charge in [-0.2, -0.15) is 0 Å². The smallest absolute Gasteiger partial charge is 0.290 e. The zero-order chi connectivity index (χ0) is 36.6. The van der Waals surface area contributed by atoms with E-state index in [1.54, 1.807) is 0 Å². The van der Waals surface area contributed by atoms with Gasteiger partial charge in [-0.1, -0.05) is 76.6 Å². The molecule has 3 aromatic rings. The second-order valence-corrected chi connectivity index (χ2v) is 12.7. The zero-order valence-corrected chi connectivity index (χ0v) is 30.9. The number of amides is 1. The first-order valence-electron chi connectivity index (χ1n) is 18.1. The minimum absolute atomic E-state index is 0.250. The fourth-order valence-electron chi connectivity index (χ4n) is 5.56. The van der Waals surface area contributed by atoms with Gasteiger partial charge in [0.15, 0.2) is 0 Å². The van der Waals surface area contributed by atoms with Gasteiger partial charge in [0.2, 0.25) is 5.91 Å². The minimum atomic E-state index is -0.250. The largest absolute Gasteiger partial charge is 0.483 e. The fourth-order valence-corrected chi connectivity index (χ4v) is 5.56. The van der Waals surface area contributed by atoms with Crippen LogP contribution >= 0.6 is 0 Å². The molecule has 274 valence electrons. The summed E-state index contributed by atoms with van der Waals surface area (Å²) in [4.78, 5) is 41.8. The third kappa shape index (κ3) is 15.6. The van der Waals surface area contributed by atoms with Gasteiger partial charge < -0.3 is 30.3 Å². The lowest BCUT2D eigenvalue weighted by Gasteiger charge is -2.47. The number of piperazine rings is 1. The van der Waals surface area contributed by atoms with Crippen molar-refractivity contribution in [2.24, 2.45) is 0 Å². The quantitative estimate of drug-likeness (QED) is 0.252. The van der Waals surface area contributed by atoms with Gasteiger partial charge in [0.1, 0.15) is 12.1 Å². The fraction of sp³-hybridized carbons (Fsp3) is 0.500. The molecule has 0 bridgehead atoms. The number of likely N-dealkylation sites (N-methyl/N-ethyl adjacent to an activating group) is 1. The Morgan fingerprint density at radius 1 is 0.940 bits per heavy atom. The first-order chi connectivity index (χ1) is 24.3. The van der Waals surface area contributed by atoms with Gasteiger partial charge in [0, 0.05) is 76.6 Å². The number of anilines is 2. The molecule has 0 radical (unpaired) electrons. The van der Waals surface area contributed by atoms with Crippen molar-refractivity contribution < 1.29 is 19.5 Å². The molecule has 3 N–H and O–H groups in total. The summed E-state index contributed by atoms with van der Waals surface area (Å²) in [5.74, 6) is 1.20. The summed E-state index contributed by atoms with van der Waals surface area (Å²) in [6.45, 7) is 16.7. The molecule has 2 fully saturated rings. The zero-order valence-electron chi connectivity index (χ0n) is 30.9. The number of aromatic nitrogens is 1. The topological polar surface area (TPSA) is 118 Å². The number of aryl methyl sites for hydroxylation is 1. The molecule has 0 unspecified atom stereocenters. The average molecular weight is 689 g/mol. The standard InChI is InChI=1S/C16H17N3O.C12H23N3O.C8H10.C3H8.CH2O2/c20-8-6-12-1-3-15(4-2-12)19-16-9-14-10-17-7-5-13(14)11-18-16;1-3-4-12(16)15-9-11(10-15)14-7-5-13(2)6-8-14;1-2-8-6-4-3-5-7-8;1-3-2;2-1-3/h1-4,8-9,11,17H,5-7,10H2,(H,18,19);11H,3-10H2,1-2H3;3-7H,2H2,1H3;3H2,1-2H3;1H,(H,2,3). The normalized spacial score (nSPS) is 15.3. The summed E-state index contributed by atoms with van der Waals surface area (Å²) in [6.07, 6.45) is 8.45. The van der Waals surface area contributed by atoms with Crippen LogP contribution in [-0.2, 0) is 40.2 Å². The second-order valence-electron chi connectivity index (χ2n) is 12.7. The van der Waals surface area contributed by atoms with Gasteiger partial charge in [0.25, 0.3) is 6.47 Å². The minimum Gasteiger partial charge on any atom is -0.483 e. The molecule has 0 spiro atoms. The van der Waals surface area contributed by atoms with Crippen LogP contribution in [0.1, 0.15) is 69.2 Å². The molecule has 3 aliphatic rings. The summed E-state index contributed by atoms with van der Waals surface area (Å²) in [5, 5.41) is 13.5. The van der Waals surface area contributed by atoms with Crippen LogP contribution in [0.2, 0.25) is 0 Å². The molecule has 10 nitrogen and oxygen atoms in total. The lowest BCUT2D eigenvalue weighted by Crippen LogP contribution is -2.63. The van der Waals surface area contributed by atoms with Crippen LogP contribution in [0.3, 0.4) is 0 Å². The second kappa shape index (κ2) is 24.9. The van der Waals surface area contributed by atoms with Crippen LogP contribution in [0.5, 0.6) is 0 Å². The van der Waals surface area contributed by atoms with Crippen molar-refractivity contribution in [2.45, 2.75) is 78.8 Å². The number of fused-ring (bicyclic) bond motifs is 1. The van der Waals surface area contributed by atoms with E-state index < -0.39 is 0 Å². The van der Waals surface area contributed by atoms with Gasteiger partial charge in [-0.25, -0.2) is 4.98 Å². The number of hydrogen-bond donors (Lipinski definition) is 3. The van der Waals surface area contributed by atoms with Crippen LogP contribution in [0.4, 0.5) is 11.5 Å². The molecule has 3 aliphatic heterocycles. The lowest BCUT2D eigenvalue weighted by molar-refractivity contribution is -0.139. The molecular formula is C40H60N6O4. The maximum absolute atomic E-state index is 11.6. The average Bonchev–Trinajstić information content (AvgIpc) is 3.11. The van der Waals surface area contributed by atoms with E-state index in [1.165, 1.54) is 36.2 Å². The third-order valence-electron chi connectivity index (χ3n) is 8.50. The van der Waals surface area contributed by atoms with Crippen molar-refractivity contribution in [3.63, 3.8) is 0 Å². The van der Waals surface area contributed by atoms with E-state index in [9.17, 15) is 9.59 Å². The number of carboxylic acid groups (broad SMARTS) is 1. The van der Waals surface area contributed by atoms with E-state index in [2.05, 4.69) is 90.5 Å². The third-order valence-corrected chi connectivity index (χ3v) is 8.50. The van der Waals surface area contributed by atoms with E-state index >= 15 is 0 Å². The molecule has 4 heterocycles. The van der Waals surface area contributed by atoms with E-state index in [0.29, 0.717) is 18.4 Å². The highest BCUT2D eigenvalue weighted by atomic mass is 16.3. The van der Waals surface area contributed by atoms with Crippen LogP contribution in [-0.4, -0.2) is 102 Å². The van der Waals surface area contributed by atoms with Gasteiger partial charge in [-0.05, 0) is 73.3 Å². The molecule has 10 heteroatoms. The number of rotatable bonds is 8. The molecule has 50 heavy (non-hydrogen) atoms. The lowest BCUT2D eigenvalue weighted by atomic mass is 10.0. The van der Waals surface area contributed by atoms with Crippen molar-refractivity contribution in [3.05, 3.63) is 89.1 Å². The first kappa shape index (κ1) is 42.0. The van der Waals surface area contributed by atoms with E-state index in [1.807, 2.05) is 41.4 Å². The number of aldehydes is 1. The summed E-state index contributed by atoms with van der Waals surface area (Å²) in [5.41, 5.74) is 6.05. The van der Waals surface area contributed by atoms with Crippen molar-refractivity contribution >= 4 is 30.2 Å². The SMILES string of the molecule is CCC.CCCC(=O)N1CC(N2CCN(C)CC2)C1.CCc1ccccc1.O=CCc1ccc(Nc2cc3c(cn2)CCNC3)cc1.O=CO. The predicted molar refractivity (Wildman–Crippen MR) is 204 cm³/mol. The van der Waals surface area contributed by atoms with Gasteiger partial charge in [0.05, 0.1) is 0 Å². The Bertz CT molecular complexity index is 1360.